The number of amides is 1. The molecule has 3 aliphatic heterocycles. The third-order valence-electron chi connectivity index (χ3n) is 13.7. The maximum atomic E-state index is 13.2. The van der Waals surface area contributed by atoms with Crippen LogP contribution >= 0.6 is 0 Å². The summed E-state index contributed by atoms with van der Waals surface area (Å²) in [6.45, 7) is 4.63. The van der Waals surface area contributed by atoms with Crippen LogP contribution in [0.3, 0.4) is 0 Å². The van der Waals surface area contributed by atoms with Gasteiger partial charge in [0, 0.05) is 92.4 Å². The van der Waals surface area contributed by atoms with Crippen LogP contribution in [0, 0.1) is 29.6 Å². The highest BCUT2D eigenvalue weighted by atomic mass is 16.5. The second-order valence-electron chi connectivity index (χ2n) is 16.4. The molecular weight excluding hydrogens is 682 g/mol. The van der Waals surface area contributed by atoms with Crippen molar-refractivity contribution in [3.8, 4) is 0 Å². The Balaban J connectivity index is 0.000000160. The van der Waals surface area contributed by atoms with E-state index in [9.17, 15) is 19.5 Å². The molecule has 2 aromatic carbocycles. The summed E-state index contributed by atoms with van der Waals surface area (Å²) in [4.78, 5) is 38.1. The molecule has 1 amide bonds. The number of aromatic nitrogens is 2. The van der Waals surface area contributed by atoms with E-state index in [0.29, 0.717) is 36.9 Å². The van der Waals surface area contributed by atoms with Crippen LogP contribution in [0.5, 0.6) is 0 Å². The third kappa shape index (κ3) is 6.96. The first-order valence-corrected chi connectivity index (χ1v) is 20.2. The van der Waals surface area contributed by atoms with Crippen LogP contribution in [0.2, 0.25) is 0 Å². The minimum absolute atomic E-state index is 0.0164. The number of rotatable bonds is 5. The first-order valence-electron chi connectivity index (χ1n) is 20.2. The molecule has 3 fully saturated rings. The molecule has 9 rings (SSSR count). The molecule has 3 saturated heterocycles. The van der Waals surface area contributed by atoms with Gasteiger partial charge in [0.15, 0.2) is 0 Å². The van der Waals surface area contributed by atoms with Gasteiger partial charge in [-0.2, -0.15) is 0 Å². The average Bonchev–Trinajstić information content (AvgIpc) is 3.91. The average molecular weight is 738 g/mol. The number of carboxylic acids is 1. The first kappa shape index (κ1) is 36.8. The van der Waals surface area contributed by atoms with E-state index in [1.807, 2.05) is 18.2 Å². The van der Waals surface area contributed by atoms with E-state index in [1.54, 1.807) is 11.0 Å². The van der Waals surface area contributed by atoms with Gasteiger partial charge >= 0.3 is 11.9 Å². The van der Waals surface area contributed by atoms with Gasteiger partial charge in [-0.25, -0.2) is 4.79 Å². The highest BCUT2D eigenvalue weighted by Crippen LogP contribution is 2.41. The van der Waals surface area contributed by atoms with E-state index in [0.717, 1.165) is 80.4 Å². The molecular formula is C44H55N3O7. The van der Waals surface area contributed by atoms with Crippen LogP contribution in [0.4, 0.5) is 0 Å². The molecule has 4 aromatic rings. The van der Waals surface area contributed by atoms with Gasteiger partial charge < -0.3 is 33.4 Å². The van der Waals surface area contributed by atoms with Crippen LogP contribution in [-0.2, 0) is 58.8 Å². The summed E-state index contributed by atoms with van der Waals surface area (Å²) in [5.74, 6) is 1.68. The maximum Gasteiger partial charge on any atom is 0.335 e. The van der Waals surface area contributed by atoms with Crippen LogP contribution in [-0.4, -0.2) is 83.6 Å². The van der Waals surface area contributed by atoms with Crippen LogP contribution in [0.15, 0.2) is 36.4 Å². The summed E-state index contributed by atoms with van der Waals surface area (Å²) in [6.07, 6.45) is 12.2. The lowest BCUT2D eigenvalue weighted by Crippen LogP contribution is -2.30. The van der Waals surface area contributed by atoms with Gasteiger partial charge in [-0.3, -0.25) is 9.59 Å². The minimum Gasteiger partial charge on any atom is -0.478 e. The van der Waals surface area contributed by atoms with Crippen molar-refractivity contribution in [3.05, 3.63) is 70.0 Å². The van der Waals surface area contributed by atoms with Crippen molar-refractivity contribution in [3.63, 3.8) is 0 Å². The number of nitrogens with zero attached hydrogens (tertiary/aromatic N) is 3. The minimum atomic E-state index is -0.846. The summed E-state index contributed by atoms with van der Waals surface area (Å²) in [6, 6.07) is 11.7. The lowest BCUT2D eigenvalue weighted by molar-refractivity contribution is -0.144. The largest absolute Gasteiger partial charge is 0.478 e. The number of carboxylic acid groups (broad SMARTS) is 1. The molecule has 10 heteroatoms. The Morgan fingerprint density at radius 3 is 1.69 bits per heavy atom. The molecule has 0 radical (unpaired) electrons. The predicted molar refractivity (Wildman–Crippen MR) is 207 cm³/mol. The van der Waals surface area contributed by atoms with Gasteiger partial charge in [-0.1, -0.05) is 0 Å². The number of aromatic carboxylic acids is 1. The number of hydrogen-bond acceptors (Lipinski definition) is 6. The monoisotopic (exact) mass is 737 g/mol. The molecule has 0 saturated carbocycles. The number of ether oxygens (including phenoxy) is 3. The number of carbonyl (C=O) groups excluding carboxylic acids is 2. The summed E-state index contributed by atoms with van der Waals surface area (Å²) in [5, 5.41) is 11.7. The van der Waals surface area contributed by atoms with Crippen molar-refractivity contribution < 1.29 is 33.7 Å². The molecule has 5 aliphatic rings. The van der Waals surface area contributed by atoms with E-state index in [1.165, 1.54) is 79.1 Å². The van der Waals surface area contributed by atoms with Gasteiger partial charge in [0.25, 0.3) is 5.91 Å². The topological polar surface area (TPSA) is 112 Å². The van der Waals surface area contributed by atoms with Gasteiger partial charge in [-0.05, 0) is 142 Å². The van der Waals surface area contributed by atoms with Crippen LogP contribution in [0.1, 0.15) is 88.2 Å². The van der Waals surface area contributed by atoms with E-state index in [2.05, 4.69) is 35.4 Å². The predicted octanol–water partition coefficient (Wildman–Crippen LogP) is 6.75. The molecule has 3 unspecified atom stereocenters. The maximum absolute atomic E-state index is 13.2. The SMILES string of the molecule is COC(=O)C1CCN(C(=O)c2ccc3c(c2)c2c(n3C)CCC(C3CCOCC3)C2)C1.Cn1c2c(c3cc(C(=O)O)ccc31)CC(C1CCOCC1)CC2. The highest BCUT2D eigenvalue weighted by Gasteiger charge is 2.34. The molecule has 54 heavy (non-hydrogen) atoms. The van der Waals surface area contributed by atoms with Gasteiger partial charge in [0.1, 0.15) is 0 Å². The molecule has 2 aliphatic carbocycles. The van der Waals surface area contributed by atoms with Crippen LogP contribution < -0.4 is 0 Å². The summed E-state index contributed by atoms with van der Waals surface area (Å²) < 4.78 is 20.5. The Labute approximate surface area is 317 Å². The molecule has 1 N–H and O–H groups in total. The number of methoxy groups -OCH3 is 1. The standard InChI is InChI=1S/C25H32N2O4.C19H23NO3/c1-26-22-5-3-17(16-8-11-31-12-9-16)13-20(22)21-14-18(4-6-23(21)26)24(28)27-10-7-19(15-27)25(29)30-2;1-20-17-4-2-13(12-6-8-23-9-7-12)10-15(17)16-11-14(19(21)22)3-5-18(16)20/h4,6,14,16-17,19H,3,5,7-13,15H2,1-2H3;3,5,11-13H,2,4,6-10H2,1H3,(H,21,22). The lowest BCUT2D eigenvalue weighted by atomic mass is 9.75. The molecule has 288 valence electrons. The molecule has 10 nitrogen and oxygen atoms in total. The van der Waals surface area contributed by atoms with Crippen molar-refractivity contribution in [2.45, 2.75) is 70.6 Å². The zero-order valence-electron chi connectivity index (χ0n) is 32.1. The number of carbonyl (C=O) groups is 3. The zero-order chi connectivity index (χ0) is 37.5. The Morgan fingerprint density at radius 2 is 1.19 bits per heavy atom. The number of fused-ring (bicyclic) bond motifs is 6. The van der Waals surface area contributed by atoms with Crippen molar-refractivity contribution in [1.82, 2.24) is 14.0 Å². The Morgan fingerprint density at radius 1 is 0.685 bits per heavy atom. The fourth-order valence-corrected chi connectivity index (χ4v) is 10.5. The summed E-state index contributed by atoms with van der Waals surface area (Å²) >= 11 is 0. The Kier molecular flexibility index (Phi) is 10.6. The normalized spacial score (nSPS) is 23.5. The second-order valence-corrected chi connectivity index (χ2v) is 16.4. The van der Waals surface area contributed by atoms with Crippen LogP contribution in [0.25, 0.3) is 21.8 Å². The Hall–Kier alpha value is -4.15. The fourth-order valence-electron chi connectivity index (χ4n) is 10.5. The second kappa shape index (κ2) is 15.5. The quantitative estimate of drug-likeness (QED) is 0.226. The number of aryl methyl sites for hydroxylation is 2. The van der Waals surface area contributed by atoms with E-state index in [-0.39, 0.29) is 17.8 Å². The zero-order valence-corrected chi connectivity index (χ0v) is 32.1. The molecule has 2 aromatic heterocycles. The Bertz CT molecular complexity index is 2050. The van der Waals surface area contributed by atoms with Gasteiger partial charge in [0.2, 0.25) is 0 Å². The smallest absolute Gasteiger partial charge is 0.335 e. The van der Waals surface area contributed by atoms with Gasteiger partial charge in [-0.15, -0.1) is 0 Å². The first-order chi connectivity index (χ1) is 26.2. The van der Waals surface area contributed by atoms with Crippen molar-refractivity contribution in [2.75, 3.05) is 46.6 Å². The van der Waals surface area contributed by atoms with E-state index in [4.69, 9.17) is 14.2 Å². The molecule has 0 spiro atoms. The number of likely N-dealkylation sites (tertiary alicyclic amines) is 1. The number of benzene rings is 2. The van der Waals surface area contributed by atoms with Crippen molar-refractivity contribution >= 4 is 39.7 Å². The number of hydrogen-bond donors (Lipinski definition) is 1. The van der Waals surface area contributed by atoms with E-state index >= 15 is 0 Å². The number of esters is 1. The summed E-state index contributed by atoms with van der Waals surface area (Å²) in [5.41, 5.74) is 9.12. The molecule has 3 atom stereocenters. The molecule has 0 bridgehead atoms. The summed E-state index contributed by atoms with van der Waals surface area (Å²) in [7, 11) is 5.67. The third-order valence-corrected chi connectivity index (χ3v) is 13.7. The lowest BCUT2D eigenvalue weighted by Gasteiger charge is -2.33. The highest BCUT2D eigenvalue weighted by molar-refractivity contribution is 6.00. The van der Waals surface area contributed by atoms with E-state index < -0.39 is 5.97 Å². The fraction of sp³-hybridized carbons (Fsp3) is 0.568. The molecule has 5 heterocycles. The van der Waals surface area contributed by atoms with Crippen molar-refractivity contribution in [2.24, 2.45) is 43.7 Å². The van der Waals surface area contributed by atoms with Gasteiger partial charge in [0.05, 0.1) is 18.6 Å². The van der Waals surface area contributed by atoms with Crippen molar-refractivity contribution in [1.29, 1.82) is 0 Å².